The third-order valence-electron chi connectivity index (χ3n) is 4.58. The molecule has 0 amide bonds. The summed E-state index contributed by atoms with van der Waals surface area (Å²) in [6.45, 7) is 5.94. The van der Waals surface area contributed by atoms with E-state index in [1.165, 1.54) is 32.1 Å². The second kappa shape index (κ2) is 6.21. The van der Waals surface area contributed by atoms with Gasteiger partial charge in [0.15, 0.2) is 0 Å². The van der Waals surface area contributed by atoms with Crippen molar-refractivity contribution in [3.63, 3.8) is 0 Å². The molecule has 1 aromatic heterocycles. The van der Waals surface area contributed by atoms with Gasteiger partial charge in [0, 0.05) is 12.3 Å². The predicted molar refractivity (Wildman–Crippen MR) is 104 cm³/mol. The first-order chi connectivity index (χ1) is 11.8. The number of benzene rings is 2. The van der Waals surface area contributed by atoms with Crippen molar-refractivity contribution in [3.8, 4) is 11.1 Å². The molecule has 0 fully saturated rings. The molecule has 0 spiro atoms. The lowest BCUT2D eigenvalue weighted by atomic mass is 9.94. The van der Waals surface area contributed by atoms with Crippen LogP contribution in [0, 0.1) is 0 Å². The number of nitrogens with zero attached hydrogens (tertiary/aromatic N) is 1. The van der Waals surface area contributed by atoms with Gasteiger partial charge in [-0.05, 0) is 41.3 Å². The monoisotopic (exact) mass is 329 g/mol. The van der Waals surface area contributed by atoms with Gasteiger partial charge in [-0.1, -0.05) is 61.2 Å². The Kier molecular flexibility index (Phi) is 3.91. The lowest BCUT2D eigenvalue weighted by molar-refractivity contribution is 0.819. The molecule has 1 heterocycles. The minimum atomic E-state index is 0.389. The van der Waals surface area contributed by atoms with Crippen molar-refractivity contribution in [1.82, 2.24) is 4.98 Å². The van der Waals surface area contributed by atoms with Crippen LogP contribution >= 0.6 is 11.3 Å². The van der Waals surface area contributed by atoms with Gasteiger partial charge in [0.05, 0.1) is 15.6 Å². The predicted octanol–water partition coefficient (Wildman–Crippen LogP) is 6.17. The molecule has 1 nitrogen and oxygen atoms in total. The van der Waals surface area contributed by atoms with Gasteiger partial charge in [-0.25, -0.2) is 4.98 Å². The summed E-state index contributed by atoms with van der Waals surface area (Å²) in [4.78, 5) is 6.00. The van der Waals surface area contributed by atoms with Crippen molar-refractivity contribution in [3.05, 3.63) is 87.9 Å². The van der Waals surface area contributed by atoms with E-state index in [4.69, 9.17) is 4.98 Å². The number of rotatable bonds is 4. The Hall–Kier alpha value is -2.45. The summed E-state index contributed by atoms with van der Waals surface area (Å²) in [7, 11) is 0. The van der Waals surface area contributed by atoms with Gasteiger partial charge < -0.3 is 0 Å². The van der Waals surface area contributed by atoms with Crippen LogP contribution in [0.25, 0.3) is 23.3 Å². The molecule has 118 valence electrons. The second-order valence-corrected chi connectivity index (χ2v) is 7.11. The molecule has 3 aromatic rings. The summed E-state index contributed by atoms with van der Waals surface area (Å²) in [6, 6.07) is 17.5. The topological polar surface area (TPSA) is 12.9 Å². The van der Waals surface area contributed by atoms with Crippen LogP contribution in [0.5, 0.6) is 0 Å². The fraction of sp³-hybridized carbons (Fsp3) is 0.136. The summed E-state index contributed by atoms with van der Waals surface area (Å²) < 4.78 is 0. The Morgan fingerprint density at radius 2 is 1.67 bits per heavy atom. The highest BCUT2D eigenvalue weighted by molar-refractivity contribution is 7.12. The number of hydrogen-bond acceptors (Lipinski definition) is 2. The Balaban J connectivity index is 1.76. The van der Waals surface area contributed by atoms with Crippen molar-refractivity contribution < 1.29 is 0 Å². The molecule has 24 heavy (non-hydrogen) atoms. The smallest absolute Gasteiger partial charge is 0.0948 e. The summed E-state index contributed by atoms with van der Waals surface area (Å²) >= 11 is 1.78. The molecule has 0 atom stereocenters. The van der Waals surface area contributed by atoms with Gasteiger partial charge in [0.25, 0.3) is 0 Å². The van der Waals surface area contributed by atoms with Crippen LogP contribution in [0.2, 0.25) is 0 Å². The van der Waals surface area contributed by atoms with Gasteiger partial charge in [0.2, 0.25) is 0 Å². The first-order valence-electron chi connectivity index (χ1n) is 8.25. The maximum atomic E-state index is 4.81. The highest BCUT2D eigenvalue weighted by Gasteiger charge is 2.28. The molecule has 1 aliphatic carbocycles. The largest absolute Gasteiger partial charge is 0.241 e. The van der Waals surface area contributed by atoms with E-state index in [1.54, 1.807) is 11.3 Å². The fourth-order valence-corrected chi connectivity index (χ4v) is 4.64. The lowest BCUT2D eigenvalue weighted by Crippen LogP contribution is -2.01. The first-order valence-corrected chi connectivity index (χ1v) is 9.06. The average molecular weight is 329 g/mol. The Bertz CT molecular complexity index is 887. The SMILES string of the molecule is C=Cc1nc(CC2c3ccccc3-c3ccccc32)sc1/C=C\C. The highest BCUT2D eigenvalue weighted by atomic mass is 32.1. The van der Waals surface area contributed by atoms with Crippen LogP contribution in [-0.2, 0) is 6.42 Å². The van der Waals surface area contributed by atoms with E-state index in [-0.39, 0.29) is 0 Å². The van der Waals surface area contributed by atoms with Crippen LogP contribution < -0.4 is 0 Å². The van der Waals surface area contributed by atoms with Crippen molar-refractivity contribution in [1.29, 1.82) is 0 Å². The zero-order valence-corrected chi connectivity index (χ0v) is 14.5. The minimum Gasteiger partial charge on any atom is -0.241 e. The van der Waals surface area contributed by atoms with Crippen LogP contribution in [0.3, 0.4) is 0 Å². The molecule has 2 aromatic carbocycles. The normalized spacial score (nSPS) is 13.2. The summed E-state index contributed by atoms with van der Waals surface area (Å²) in [6.07, 6.45) is 6.97. The molecule has 0 saturated carbocycles. The maximum absolute atomic E-state index is 4.81. The summed E-state index contributed by atoms with van der Waals surface area (Å²) in [5, 5.41) is 1.18. The molecule has 1 aliphatic rings. The third-order valence-corrected chi connectivity index (χ3v) is 5.64. The molecule has 4 rings (SSSR count). The zero-order valence-electron chi connectivity index (χ0n) is 13.7. The molecule has 0 unspecified atom stereocenters. The van der Waals surface area contributed by atoms with E-state index < -0.39 is 0 Å². The van der Waals surface area contributed by atoms with Crippen LogP contribution in [0.4, 0.5) is 0 Å². The first kappa shape index (κ1) is 15.1. The van der Waals surface area contributed by atoms with E-state index in [0.29, 0.717) is 5.92 Å². The fourth-order valence-electron chi connectivity index (χ4n) is 3.55. The van der Waals surface area contributed by atoms with E-state index in [2.05, 4.69) is 67.3 Å². The van der Waals surface area contributed by atoms with Gasteiger partial charge in [-0.2, -0.15) is 0 Å². The minimum absolute atomic E-state index is 0.389. The summed E-state index contributed by atoms with van der Waals surface area (Å²) in [5.74, 6) is 0.389. The molecule has 0 radical (unpaired) electrons. The van der Waals surface area contributed by atoms with Crippen molar-refractivity contribution in [2.75, 3.05) is 0 Å². The average Bonchev–Trinajstić information content (AvgIpc) is 3.15. The van der Waals surface area contributed by atoms with Crippen molar-refractivity contribution >= 4 is 23.5 Å². The Labute approximate surface area is 147 Å². The molecular weight excluding hydrogens is 310 g/mol. The molecular formula is C22H19NS. The highest BCUT2D eigenvalue weighted by Crippen LogP contribution is 2.46. The number of fused-ring (bicyclic) bond motifs is 3. The van der Waals surface area contributed by atoms with Gasteiger partial charge >= 0.3 is 0 Å². The summed E-state index contributed by atoms with van der Waals surface area (Å²) in [5.41, 5.74) is 6.57. The van der Waals surface area contributed by atoms with E-state index in [1.807, 2.05) is 13.0 Å². The van der Waals surface area contributed by atoms with Crippen LogP contribution in [0.15, 0.2) is 61.2 Å². The lowest BCUT2D eigenvalue weighted by Gasteiger charge is -2.11. The maximum Gasteiger partial charge on any atom is 0.0948 e. The van der Waals surface area contributed by atoms with Gasteiger partial charge in [0.1, 0.15) is 0 Å². The number of thiazole rings is 1. The standard InChI is InChI=1S/C22H19NS/c1-3-9-21-20(4-2)23-22(24-21)14-19-17-12-7-5-10-15(17)16-11-6-8-13-18(16)19/h3-13,19H,2,14H2,1H3/b9-3-. The van der Waals surface area contributed by atoms with E-state index >= 15 is 0 Å². The van der Waals surface area contributed by atoms with Crippen molar-refractivity contribution in [2.24, 2.45) is 0 Å². The van der Waals surface area contributed by atoms with Crippen molar-refractivity contribution in [2.45, 2.75) is 19.3 Å². The number of hydrogen-bond donors (Lipinski definition) is 0. The molecule has 0 saturated heterocycles. The van der Waals surface area contributed by atoms with Crippen LogP contribution in [-0.4, -0.2) is 4.98 Å². The molecule has 0 aliphatic heterocycles. The Morgan fingerprint density at radius 3 is 2.25 bits per heavy atom. The number of aromatic nitrogens is 1. The van der Waals surface area contributed by atoms with Gasteiger partial charge in [-0.15, -0.1) is 11.3 Å². The third kappa shape index (κ3) is 2.44. The quantitative estimate of drug-likeness (QED) is 0.557. The Morgan fingerprint density at radius 1 is 1.04 bits per heavy atom. The van der Waals surface area contributed by atoms with Gasteiger partial charge in [-0.3, -0.25) is 0 Å². The molecule has 0 N–H and O–H groups in total. The zero-order chi connectivity index (χ0) is 16.5. The number of allylic oxidation sites excluding steroid dienone is 1. The van der Waals surface area contributed by atoms with Crippen LogP contribution in [0.1, 0.15) is 39.5 Å². The second-order valence-electron chi connectivity index (χ2n) is 5.99. The molecule has 0 bridgehead atoms. The van der Waals surface area contributed by atoms with E-state index in [0.717, 1.165) is 12.1 Å². The van der Waals surface area contributed by atoms with E-state index in [9.17, 15) is 0 Å². The molecule has 2 heteroatoms.